The third kappa shape index (κ3) is 2.12. The second kappa shape index (κ2) is 4.85. The van der Waals surface area contributed by atoms with Crippen molar-refractivity contribution in [3.8, 4) is 0 Å². The molecule has 0 aliphatic heterocycles. The van der Waals surface area contributed by atoms with Crippen molar-refractivity contribution in [2.75, 3.05) is 6.61 Å². The summed E-state index contributed by atoms with van der Waals surface area (Å²) in [6.45, 7) is 1.97. The molecule has 19 heavy (non-hydrogen) atoms. The Hall–Kier alpha value is -2.15. The number of allylic oxidation sites excluding steroid dienone is 1. The molecule has 102 valence electrons. The van der Waals surface area contributed by atoms with Crippen LogP contribution in [0, 0.1) is 0 Å². The molecule has 0 amide bonds. The SMILES string of the molecule is C/C(=C\Cn1c(=O)n(C)c(=O)c2c1ncn2C)CO. The van der Waals surface area contributed by atoms with Gasteiger partial charge in [-0.3, -0.25) is 13.9 Å². The highest BCUT2D eigenvalue weighted by Gasteiger charge is 2.13. The van der Waals surface area contributed by atoms with Crippen molar-refractivity contribution < 1.29 is 5.11 Å². The smallest absolute Gasteiger partial charge is 0.332 e. The number of aromatic nitrogens is 4. The zero-order chi connectivity index (χ0) is 14.2. The van der Waals surface area contributed by atoms with Gasteiger partial charge in [-0.1, -0.05) is 11.6 Å². The topological polar surface area (TPSA) is 82.0 Å². The maximum atomic E-state index is 12.1. The zero-order valence-corrected chi connectivity index (χ0v) is 11.1. The molecule has 0 unspecified atom stereocenters. The van der Waals surface area contributed by atoms with Crippen LogP contribution in [0.25, 0.3) is 11.2 Å². The van der Waals surface area contributed by atoms with Crippen molar-refractivity contribution in [3.63, 3.8) is 0 Å². The van der Waals surface area contributed by atoms with Gasteiger partial charge >= 0.3 is 5.69 Å². The predicted molar refractivity (Wildman–Crippen MR) is 71.1 cm³/mol. The number of hydrogen-bond acceptors (Lipinski definition) is 4. The molecule has 0 fully saturated rings. The van der Waals surface area contributed by atoms with E-state index in [2.05, 4.69) is 4.98 Å². The first-order valence-corrected chi connectivity index (χ1v) is 5.84. The molecular weight excluding hydrogens is 248 g/mol. The number of nitrogens with zero attached hydrogens (tertiary/aromatic N) is 4. The highest BCUT2D eigenvalue weighted by molar-refractivity contribution is 5.69. The van der Waals surface area contributed by atoms with E-state index < -0.39 is 5.69 Å². The molecule has 2 aromatic heterocycles. The summed E-state index contributed by atoms with van der Waals surface area (Å²) in [5.74, 6) is 0. The third-order valence-electron chi connectivity index (χ3n) is 3.07. The monoisotopic (exact) mass is 264 g/mol. The molecule has 2 heterocycles. The molecule has 0 saturated carbocycles. The van der Waals surface area contributed by atoms with E-state index in [1.54, 1.807) is 24.6 Å². The molecule has 2 aromatic rings. The van der Waals surface area contributed by atoms with Gasteiger partial charge in [-0.15, -0.1) is 0 Å². The quantitative estimate of drug-likeness (QED) is 0.748. The van der Waals surface area contributed by atoms with E-state index in [4.69, 9.17) is 5.11 Å². The van der Waals surface area contributed by atoms with Gasteiger partial charge < -0.3 is 9.67 Å². The molecule has 0 aliphatic rings. The standard InChI is InChI=1S/C12H16N4O3/c1-8(6-17)4-5-16-10-9(14(2)7-13-10)11(18)15(3)12(16)19/h4,7,17H,5-6H2,1-3H3/b8-4+. The first-order chi connectivity index (χ1) is 8.97. The van der Waals surface area contributed by atoms with Crippen LogP contribution in [0.5, 0.6) is 0 Å². The lowest BCUT2D eigenvalue weighted by molar-refractivity contribution is 0.330. The van der Waals surface area contributed by atoms with E-state index >= 15 is 0 Å². The number of aliphatic hydroxyl groups excluding tert-OH is 1. The molecule has 2 rings (SSSR count). The molecule has 1 N–H and O–H groups in total. The van der Waals surface area contributed by atoms with Crippen LogP contribution in [-0.2, 0) is 20.6 Å². The van der Waals surface area contributed by atoms with Gasteiger partial charge in [0.05, 0.1) is 12.9 Å². The van der Waals surface area contributed by atoms with Gasteiger partial charge in [-0.25, -0.2) is 9.78 Å². The fourth-order valence-electron chi connectivity index (χ4n) is 1.86. The maximum Gasteiger partial charge on any atom is 0.332 e. The predicted octanol–water partition coefficient (Wildman–Crippen LogP) is -0.628. The van der Waals surface area contributed by atoms with E-state index in [-0.39, 0.29) is 18.7 Å². The van der Waals surface area contributed by atoms with Crippen LogP contribution in [-0.4, -0.2) is 30.4 Å². The van der Waals surface area contributed by atoms with Crippen LogP contribution < -0.4 is 11.2 Å². The molecule has 0 atom stereocenters. The van der Waals surface area contributed by atoms with Crippen LogP contribution >= 0.6 is 0 Å². The van der Waals surface area contributed by atoms with Crippen LogP contribution in [0.15, 0.2) is 27.6 Å². The van der Waals surface area contributed by atoms with E-state index in [1.165, 1.54) is 17.9 Å². The van der Waals surface area contributed by atoms with E-state index in [0.29, 0.717) is 11.2 Å². The zero-order valence-electron chi connectivity index (χ0n) is 11.1. The van der Waals surface area contributed by atoms with Crippen molar-refractivity contribution >= 4 is 11.2 Å². The number of imidazole rings is 1. The Morgan fingerprint density at radius 2 is 2.11 bits per heavy atom. The van der Waals surface area contributed by atoms with Gasteiger partial charge in [-0.05, 0) is 6.92 Å². The minimum Gasteiger partial charge on any atom is -0.392 e. The van der Waals surface area contributed by atoms with Crippen LogP contribution in [0.2, 0.25) is 0 Å². The Morgan fingerprint density at radius 3 is 2.74 bits per heavy atom. The number of fused-ring (bicyclic) bond motifs is 1. The van der Waals surface area contributed by atoms with Gasteiger partial charge in [0.15, 0.2) is 11.2 Å². The fraction of sp³-hybridized carbons (Fsp3) is 0.417. The maximum absolute atomic E-state index is 12.1. The van der Waals surface area contributed by atoms with Crippen molar-refractivity contribution in [2.45, 2.75) is 13.5 Å². The summed E-state index contributed by atoms with van der Waals surface area (Å²) in [6.07, 6.45) is 3.24. The summed E-state index contributed by atoms with van der Waals surface area (Å²) in [5.41, 5.74) is 0.719. The normalized spacial score (nSPS) is 12.3. The lowest BCUT2D eigenvalue weighted by Crippen LogP contribution is -2.38. The average molecular weight is 264 g/mol. The minimum atomic E-state index is -0.418. The largest absolute Gasteiger partial charge is 0.392 e. The van der Waals surface area contributed by atoms with E-state index in [9.17, 15) is 9.59 Å². The first-order valence-electron chi connectivity index (χ1n) is 5.84. The number of aliphatic hydroxyl groups is 1. The summed E-state index contributed by atoms with van der Waals surface area (Å²) in [7, 11) is 3.15. The van der Waals surface area contributed by atoms with Crippen molar-refractivity contribution in [3.05, 3.63) is 38.8 Å². The van der Waals surface area contributed by atoms with Crippen molar-refractivity contribution in [1.29, 1.82) is 0 Å². The Balaban J connectivity index is 2.74. The van der Waals surface area contributed by atoms with E-state index in [0.717, 1.165) is 10.1 Å². The van der Waals surface area contributed by atoms with Crippen LogP contribution in [0.3, 0.4) is 0 Å². The number of aryl methyl sites for hydroxylation is 1. The highest BCUT2D eigenvalue weighted by atomic mass is 16.3. The molecule has 0 aliphatic carbocycles. The molecule has 0 radical (unpaired) electrons. The third-order valence-corrected chi connectivity index (χ3v) is 3.07. The van der Waals surface area contributed by atoms with Crippen molar-refractivity contribution in [1.82, 2.24) is 18.7 Å². The number of rotatable bonds is 3. The van der Waals surface area contributed by atoms with Gasteiger partial charge in [0.2, 0.25) is 0 Å². The molecular formula is C12H16N4O3. The van der Waals surface area contributed by atoms with Gasteiger partial charge in [0, 0.05) is 20.6 Å². The molecule has 0 aromatic carbocycles. The summed E-state index contributed by atoms with van der Waals surface area (Å²) < 4.78 is 4.07. The Morgan fingerprint density at radius 1 is 1.42 bits per heavy atom. The minimum absolute atomic E-state index is 0.0636. The van der Waals surface area contributed by atoms with Gasteiger partial charge in [0.25, 0.3) is 5.56 Å². The molecule has 7 nitrogen and oxygen atoms in total. The summed E-state index contributed by atoms with van der Waals surface area (Å²) >= 11 is 0. The van der Waals surface area contributed by atoms with Crippen LogP contribution in [0.4, 0.5) is 0 Å². The summed E-state index contributed by atoms with van der Waals surface area (Å²) in [5, 5.41) is 8.97. The Kier molecular flexibility index (Phi) is 3.39. The highest BCUT2D eigenvalue weighted by Crippen LogP contribution is 2.05. The average Bonchev–Trinajstić information content (AvgIpc) is 2.77. The van der Waals surface area contributed by atoms with Crippen molar-refractivity contribution in [2.24, 2.45) is 14.1 Å². The number of hydrogen-bond donors (Lipinski definition) is 1. The van der Waals surface area contributed by atoms with Crippen LogP contribution in [0.1, 0.15) is 6.92 Å². The van der Waals surface area contributed by atoms with Gasteiger partial charge in [0.1, 0.15) is 0 Å². The fourth-order valence-corrected chi connectivity index (χ4v) is 1.86. The molecule has 0 bridgehead atoms. The first kappa shape index (κ1) is 13.3. The van der Waals surface area contributed by atoms with Gasteiger partial charge in [-0.2, -0.15) is 0 Å². The molecule has 0 saturated heterocycles. The lowest BCUT2D eigenvalue weighted by atomic mass is 10.3. The second-order valence-corrected chi connectivity index (χ2v) is 4.49. The molecule has 7 heteroatoms. The lowest BCUT2D eigenvalue weighted by Gasteiger charge is -2.07. The summed E-state index contributed by atoms with van der Waals surface area (Å²) in [4.78, 5) is 28.2. The Labute approximate surface area is 109 Å². The van der Waals surface area contributed by atoms with E-state index in [1.807, 2.05) is 0 Å². The summed E-state index contributed by atoms with van der Waals surface area (Å²) in [6, 6.07) is 0. The molecule has 0 spiro atoms. The Bertz CT molecular complexity index is 764. The second-order valence-electron chi connectivity index (χ2n) is 4.49.